The number of urea groups is 1. The van der Waals surface area contributed by atoms with Crippen LogP contribution >= 0.6 is 20.3 Å². The Kier molecular flexibility index (Phi) is 22.2. The summed E-state index contributed by atoms with van der Waals surface area (Å²) < 4.78 is 76.9. The van der Waals surface area contributed by atoms with Crippen LogP contribution in [0.2, 0.25) is 18.1 Å². The number of ether oxygens (including phenoxy) is 3. The molecule has 0 spiro atoms. The quantitative estimate of drug-likeness (QED) is 0.0139. The van der Waals surface area contributed by atoms with Crippen molar-refractivity contribution in [2.75, 3.05) is 32.6 Å². The molecule has 4 N–H and O–H groups in total. The van der Waals surface area contributed by atoms with Crippen LogP contribution in [-0.4, -0.2) is 111 Å². The number of carbonyl (C=O) groups is 3. The van der Waals surface area contributed by atoms with Gasteiger partial charge in [-0.05, 0) is 100.0 Å². The second-order valence-electron chi connectivity index (χ2n) is 22.7. The number of amides is 4. The highest BCUT2D eigenvalue weighted by Crippen LogP contribution is 2.54. The van der Waals surface area contributed by atoms with Crippen molar-refractivity contribution in [3.63, 3.8) is 0 Å². The Morgan fingerprint density at radius 3 is 2.14 bits per heavy atom. The fourth-order valence-corrected chi connectivity index (χ4v) is 14.9. The number of nitrogens with zero attached hydrogens (tertiary/aromatic N) is 2. The molecule has 3 aliphatic rings. The molecule has 4 aromatic carbocycles. The maximum atomic E-state index is 17.0. The molecule has 3 fully saturated rings. The minimum absolute atomic E-state index is 0.00163. The third kappa shape index (κ3) is 15.4. The molecule has 3 heterocycles. The van der Waals surface area contributed by atoms with Crippen molar-refractivity contribution in [2.24, 2.45) is 0 Å². The van der Waals surface area contributed by atoms with Gasteiger partial charge >= 0.3 is 6.03 Å². The Morgan fingerprint density at radius 1 is 0.875 bits per heavy atom. The van der Waals surface area contributed by atoms with Crippen LogP contribution in [0.3, 0.4) is 0 Å². The lowest BCUT2D eigenvalue weighted by Crippen LogP contribution is -2.49. The number of nitrogens with one attached hydrogen (secondary N) is 4. The largest absolute Gasteiger partial charge is 0.497 e. The molecular formula is C60H81F2N6O9PSSi. The number of hydrogen-bond acceptors (Lipinski definition) is 12. The second kappa shape index (κ2) is 28.3. The number of unbranched alkanes of at least 4 members (excludes halogenated alkanes) is 2. The van der Waals surface area contributed by atoms with Crippen LogP contribution in [0.5, 0.6) is 5.75 Å². The van der Waals surface area contributed by atoms with E-state index in [-0.39, 0.29) is 96.7 Å². The van der Waals surface area contributed by atoms with E-state index in [0.717, 1.165) is 41.4 Å². The van der Waals surface area contributed by atoms with E-state index in [9.17, 15) is 19.6 Å². The summed E-state index contributed by atoms with van der Waals surface area (Å²) >= 11 is 1.82. The molecule has 3 aliphatic heterocycles. The van der Waals surface area contributed by atoms with Crippen LogP contribution in [-0.2, 0) is 44.7 Å². The highest BCUT2D eigenvalue weighted by Gasteiger charge is 2.55. The molecule has 0 bridgehead atoms. The number of rotatable bonds is 28. The number of fused-ring (bicyclic) bond motifs is 1. The van der Waals surface area contributed by atoms with Crippen molar-refractivity contribution in [3.8, 4) is 11.8 Å². The van der Waals surface area contributed by atoms with Gasteiger partial charge in [0.2, 0.25) is 11.8 Å². The number of carbonyl (C=O) groups excluding carboxylic acids is 3. The van der Waals surface area contributed by atoms with Crippen molar-refractivity contribution in [3.05, 3.63) is 137 Å². The third-order valence-corrected chi connectivity index (χ3v) is 23.5. The molecular weight excluding hydrogens is 1080 g/mol. The maximum absolute atomic E-state index is 17.0. The monoisotopic (exact) mass is 1160 g/mol. The van der Waals surface area contributed by atoms with Gasteiger partial charge in [0.25, 0.3) is 8.53 Å². The minimum Gasteiger partial charge on any atom is -0.497 e. The maximum Gasteiger partial charge on any atom is 0.315 e. The van der Waals surface area contributed by atoms with E-state index in [4.69, 9.17) is 27.7 Å². The first-order valence-electron chi connectivity index (χ1n) is 27.8. The van der Waals surface area contributed by atoms with Gasteiger partial charge in [-0.25, -0.2) is 18.2 Å². The zero-order valence-corrected chi connectivity index (χ0v) is 50.6. The number of halogens is 2. The van der Waals surface area contributed by atoms with Gasteiger partial charge in [-0.2, -0.15) is 17.0 Å². The Hall–Kier alpha value is -5.00. The van der Waals surface area contributed by atoms with Crippen LogP contribution in [0.25, 0.3) is 0 Å². The minimum atomic E-state index is -2.82. The summed E-state index contributed by atoms with van der Waals surface area (Å²) in [5.74, 6) is -1.08. The lowest BCUT2D eigenvalue weighted by Gasteiger charge is -2.42. The van der Waals surface area contributed by atoms with E-state index in [1.54, 1.807) is 7.11 Å². The topological polar surface area (TPSA) is 182 Å². The van der Waals surface area contributed by atoms with E-state index in [1.807, 2.05) is 96.7 Å². The summed E-state index contributed by atoms with van der Waals surface area (Å²) in [6, 6.07) is 31.8. The predicted octanol–water partition coefficient (Wildman–Crippen LogP) is 11.3. The molecule has 4 amide bonds. The molecule has 0 aliphatic carbocycles. The Labute approximate surface area is 478 Å². The van der Waals surface area contributed by atoms with E-state index in [0.29, 0.717) is 18.6 Å². The van der Waals surface area contributed by atoms with E-state index in [1.165, 1.54) is 6.07 Å². The van der Waals surface area contributed by atoms with Crippen LogP contribution < -0.4 is 26.0 Å². The van der Waals surface area contributed by atoms with Gasteiger partial charge in [0, 0.05) is 59.7 Å². The van der Waals surface area contributed by atoms with Gasteiger partial charge in [0.05, 0.1) is 45.0 Å². The number of benzene rings is 4. The molecule has 15 nitrogen and oxygen atoms in total. The smallest absolute Gasteiger partial charge is 0.315 e. The van der Waals surface area contributed by atoms with Gasteiger partial charge in [-0.15, -0.1) is 0 Å². The fourth-order valence-electron chi connectivity index (χ4n) is 10.3. The SMILES string of the molecule is COc1ccc(C(OC[C@H]2O[C@@H](c3cc(CNC(=O)CNC(=O)CCCC[C@@H]4SC[C@@H]5NC(=O)N[C@@H]54)c(F)cc3F)C(O[Si](C)(C)C(C)(C)C)[C@H]2OP(OCCCC#N)N(C(C)C)C(C)C)(c2ccccc2)c2ccccc2)cc1. The summed E-state index contributed by atoms with van der Waals surface area (Å²) in [7, 11) is -3.11. The standard InChI is InChI=1S/C60H81F2N6O9PSSi/c1-39(2)68(40(3)4)78(74-32-20-19-31-63)76-56-50(37-73-60(42-21-13-11-14-22-42,43-23-15-12-16-24-43)44-27-29-45(72-8)30-28-44)75-55(57(56)77-80(9,10)59(5,6)7)46-33-41(47(61)34-48(46)62)35-64-53(70)36-65-52(69)26-18-17-25-51-54-49(38-79-51)66-58(71)67-54/h11-16,21-24,27-30,33-34,39-40,49-51,54-57H,17-20,25-26,32,35-38H2,1-10H3,(H,64,70)(H,65,69)(H2,66,67,71)/t49-,50+,51-,54-,55-,56-,57?,78?/m0/s1. The molecule has 8 atom stereocenters. The van der Waals surface area contributed by atoms with Gasteiger partial charge in [-0.3, -0.25) is 9.59 Å². The van der Waals surface area contributed by atoms with E-state index >= 15 is 8.78 Å². The molecule has 80 heavy (non-hydrogen) atoms. The van der Waals surface area contributed by atoms with E-state index < -0.39 is 64.4 Å². The van der Waals surface area contributed by atoms with Crippen LogP contribution in [0.15, 0.2) is 97.1 Å². The summed E-state index contributed by atoms with van der Waals surface area (Å²) in [5.41, 5.74) is 1.21. The van der Waals surface area contributed by atoms with Crippen molar-refractivity contribution >= 4 is 46.5 Å². The summed E-state index contributed by atoms with van der Waals surface area (Å²) in [6.45, 7) is 18.2. The molecule has 0 aromatic heterocycles. The third-order valence-electron chi connectivity index (χ3n) is 15.4. The number of nitriles is 1. The van der Waals surface area contributed by atoms with Crippen LogP contribution in [0, 0.1) is 23.0 Å². The fraction of sp³-hybridized carbons (Fsp3) is 0.533. The predicted molar refractivity (Wildman–Crippen MR) is 311 cm³/mol. The van der Waals surface area contributed by atoms with Gasteiger partial charge < -0.3 is 49.0 Å². The summed E-state index contributed by atoms with van der Waals surface area (Å²) in [6.07, 6.45) is -0.912. The molecule has 4 aromatic rings. The Balaban J connectivity index is 1.21. The van der Waals surface area contributed by atoms with Crippen molar-refractivity contribution in [1.82, 2.24) is 25.9 Å². The van der Waals surface area contributed by atoms with Gasteiger partial charge in [0.1, 0.15) is 47.4 Å². The molecule has 0 saturated carbocycles. The van der Waals surface area contributed by atoms with Gasteiger partial charge in [-0.1, -0.05) is 100.0 Å². The molecule has 434 valence electrons. The highest BCUT2D eigenvalue weighted by molar-refractivity contribution is 8.00. The first-order valence-corrected chi connectivity index (χ1v) is 32.9. The number of methoxy groups -OCH3 is 1. The summed E-state index contributed by atoms with van der Waals surface area (Å²) in [4.78, 5) is 37.9. The van der Waals surface area contributed by atoms with Crippen molar-refractivity contribution in [1.29, 1.82) is 5.26 Å². The lowest BCUT2D eigenvalue weighted by atomic mass is 9.80. The number of thioether (sulfide) groups is 1. The Bertz CT molecular complexity index is 2680. The molecule has 0 radical (unpaired) electrons. The number of hydrogen-bond donors (Lipinski definition) is 4. The van der Waals surface area contributed by atoms with Crippen LogP contribution in [0.1, 0.15) is 121 Å². The molecule has 2 unspecified atom stereocenters. The zero-order chi connectivity index (χ0) is 57.8. The first-order chi connectivity index (χ1) is 38.2. The highest BCUT2D eigenvalue weighted by atomic mass is 32.2. The van der Waals surface area contributed by atoms with Crippen molar-refractivity contribution in [2.45, 2.75) is 171 Å². The van der Waals surface area contributed by atoms with Crippen molar-refractivity contribution < 1.29 is 50.8 Å². The Morgan fingerprint density at radius 2 is 1.52 bits per heavy atom. The second-order valence-corrected chi connectivity index (χ2v) is 30.2. The molecule has 7 rings (SSSR count). The van der Waals surface area contributed by atoms with Crippen LogP contribution in [0.4, 0.5) is 13.6 Å². The zero-order valence-electron chi connectivity index (χ0n) is 47.9. The average molecular weight is 1160 g/mol. The average Bonchev–Trinajstić information content (AvgIpc) is 4.27. The van der Waals surface area contributed by atoms with Gasteiger partial charge in [0.15, 0.2) is 8.32 Å². The molecule has 3 saturated heterocycles. The first kappa shape index (κ1) is 62.6. The summed E-state index contributed by atoms with van der Waals surface area (Å²) in [5, 5.41) is 20.7. The molecule has 20 heteroatoms. The normalized spacial score (nSPS) is 21.5. The lowest BCUT2D eigenvalue weighted by molar-refractivity contribution is -0.126. The van der Waals surface area contributed by atoms with E-state index in [2.05, 4.69) is 93.6 Å².